The van der Waals surface area contributed by atoms with E-state index in [4.69, 9.17) is 0 Å². The average molecular weight is 480 g/mol. The molecule has 1 aliphatic rings. The van der Waals surface area contributed by atoms with Gasteiger partial charge in [0.05, 0.1) is 23.2 Å². The first kappa shape index (κ1) is 23.1. The van der Waals surface area contributed by atoms with Crippen LogP contribution in [-0.2, 0) is 9.84 Å². The number of aromatic nitrogens is 4. The van der Waals surface area contributed by atoms with Crippen molar-refractivity contribution in [2.75, 3.05) is 31.6 Å². The molecule has 0 amide bonds. The zero-order valence-corrected chi connectivity index (χ0v) is 21.2. The number of likely N-dealkylation sites (tertiary alicyclic amines) is 1. The highest BCUT2D eigenvalue weighted by atomic mass is 32.2. The second-order valence-electron chi connectivity index (χ2n) is 10.1. The van der Waals surface area contributed by atoms with Crippen molar-refractivity contribution in [3.8, 4) is 11.3 Å². The molecule has 1 saturated heterocycles. The number of nitrogens with one attached hydrogen (secondary N) is 1. The Morgan fingerprint density at radius 1 is 1.18 bits per heavy atom. The van der Waals surface area contributed by atoms with Crippen molar-refractivity contribution >= 4 is 26.3 Å². The molecule has 34 heavy (non-hydrogen) atoms. The predicted octanol–water partition coefficient (Wildman–Crippen LogP) is 4.53. The molecule has 1 aliphatic heterocycles. The van der Waals surface area contributed by atoms with Crippen LogP contribution in [0.3, 0.4) is 0 Å². The van der Waals surface area contributed by atoms with Crippen LogP contribution in [0.5, 0.6) is 0 Å². The molecule has 3 aromatic heterocycles. The van der Waals surface area contributed by atoms with Gasteiger partial charge in [-0.3, -0.25) is 0 Å². The van der Waals surface area contributed by atoms with E-state index < -0.39 is 9.84 Å². The van der Waals surface area contributed by atoms with Gasteiger partial charge in [-0.05, 0) is 79.6 Å². The summed E-state index contributed by atoms with van der Waals surface area (Å²) < 4.78 is 24.9. The molecule has 0 unspecified atom stereocenters. The molecule has 0 radical (unpaired) electrons. The molecule has 0 spiro atoms. The van der Waals surface area contributed by atoms with Crippen LogP contribution >= 0.6 is 0 Å². The Bertz CT molecular complexity index is 1440. The summed E-state index contributed by atoms with van der Waals surface area (Å²) in [5, 5.41) is 9.57. The molecule has 0 saturated carbocycles. The molecule has 7 nitrogen and oxygen atoms in total. The fourth-order valence-electron chi connectivity index (χ4n) is 5.33. The van der Waals surface area contributed by atoms with Crippen LogP contribution in [0.2, 0.25) is 0 Å². The molecular formula is C26H33N5O2S. The summed E-state index contributed by atoms with van der Waals surface area (Å²) >= 11 is 0. The first-order chi connectivity index (χ1) is 16.2. The van der Waals surface area contributed by atoms with Crippen LogP contribution in [0.15, 0.2) is 36.7 Å². The van der Waals surface area contributed by atoms with Gasteiger partial charge in [0.25, 0.3) is 0 Å². The third kappa shape index (κ3) is 4.49. The third-order valence-corrected chi connectivity index (χ3v) is 8.10. The number of pyridine rings is 1. The number of benzene rings is 1. The van der Waals surface area contributed by atoms with Crippen LogP contribution in [0.1, 0.15) is 55.2 Å². The summed E-state index contributed by atoms with van der Waals surface area (Å²) in [4.78, 5) is 5.97. The van der Waals surface area contributed by atoms with Gasteiger partial charge < -0.3 is 9.88 Å². The SMILES string of the molecule is Cc1cc(-c2[nH]c3ccc(C4CCN(CCS(C)(=O)=O)CC4)cc3c2C(C)C)cn2nncc12. The van der Waals surface area contributed by atoms with Crippen LogP contribution in [0.25, 0.3) is 27.7 Å². The average Bonchev–Trinajstić information content (AvgIpc) is 3.42. The predicted molar refractivity (Wildman–Crippen MR) is 137 cm³/mol. The largest absolute Gasteiger partial charge is 0.354 e. The lowest BCUT2D eigenvalue weighted by molar-refractivity contribution is 0.223. The molecule has 5 rings (SSSR count). The number of nitrogens with zero attached hydrogens (tertiary/aromatic N) is 4. The first-order valence-corrected chi connectivity index (χ1v) is 14.1. The zero-order chi connectivity index (χ0) is 24.0. The van der Waals surface area contributed by atoms with Gasteiger partial charge in [-0.25, -0.2) is 12.9 Å². The Balaban J connectivity index is 1.45. The van der Waals surface area contributed by atoms with Crippen LogP contribution < -0.4 is 0 Å². The minimum atomic E-state index is -2.91. The highest BCUT2D eigenvalue weighted by Crippen LogP contribution is 2.38. The van der Waals surface area contributed by atoms with Gasteiger partial charge in [0, 0.05) is 35.5 Å². The number of sulfone groups is 1. The Morgan fingerprint density at radius 3 is 2.65 bits per heavy atom. The van der Waals surface area contributed by atoms with E-state index in [0.29, 0.717) is 18.4 Å². The molecule has 1 N–H and O–H groups in total. The molecule has 8 heteroatoms. The molecule has 4 heterocycles. The molecule has 180 valence electrons. The summed E-state index contributed by atoms with van der Waals surface area (Å²) in [7, 11) is -2.91. The number of rotatable bonds is 6. The maximum absolute atomic E-state index is 11.5. The molecule has 0 bridgehead atoms. The lowest BCUT2D eigenvalue weighted by Crippen LogP contribution is -2.36. The number of piperidine rings is 1. The maximum atomic E-state index is 11.5. The minimum Gasteiger partial charge on any atom is -0.354 e. The van der Waals surface area contributed by atoms with Gasteiger partial charge in [0.15, 0.2) is 0 Å². The Morgan fingerprint density at radius 2 is 1.94 bits per heavy atom. The third-order valence-electron chi connectivity index (χ3n) is 7.18. The first-order valence-electron chi connectivity index (χ1n) is 12.1. The van der Waals surface area contributed by atoms with E-state index >= 15 is 0 Å². The van der Waals surface area contributed by atoms with Gasteiger partial charge in [0.1, 0.15) is 9.84 Å². The molecule has 1 aromatic carbocycles. The van der Waals surface area contributed by atoms with Crippen molar-refractivity contribution in [1.82, 2.24) is 24.7 Å². The number of H-pyrrole nitrogens is 1. The number of hydrogen-bond donors (Lipinski definition) is 1. The number of aromatic amines is 1. The van der Waals surface area contributed by atoms with Crippen molar-refractivity contribution in [3.05, 3.63) is 53.3 Å². The number of hydrogen-bond acceptors (Lipinski definition) is 5. The van der Waals surface area contributed by atoms with Gasteiger partial charge >= 0.3 is 0 Å². The van der Waals surface area contributed by atoms with Crippen LogP contribution in [-0.4, -0.2) is 64.8 Å². The smallest absolute Gasteiger partial charge is 0.148 e. The lowest BCUT2D eigenvalue weighted by Gasteiger charge is -2.32. The summed E-state index contributed by atoms with van der Waals surface area (Å²) in [5.41, 5.74) is 8.32. The van der Waals surface area contributed by atoms with Gasteiger partial charge in [-0.1, -0.05) is 25.1 Å². The highest BCUT2D eigenvalue weighted by molar-refractivity contribution is 7.90. The fraction of sp³-hybridized carbons (Fsp3) is 0.462. The van der Waals surface area contributed by atoms with Crippen LogP contribution in [0.4, 0.5) is 0 Å². The second-order valence-corrected chi connectivity index (χ2v) is 12.4. The molecule has 4 aromatic rings. The van der Waals surface area contributed by atoms with Crippen LogP contribution in [0, 0.1) is 6.92 Å². The molecule has 1 fully saturated rings. The quantitative estimate of drug-likeness (QED) is 0.439. The molecule has 0 atom stereocenters. The van der Waals surface area contributed by atoms with Crippen molar-refractivity contribution in [2.45, 2.75) is 45.4 Å². The van der Waals surface area contributed by atoms with E-state index in [1.165, 1.54) is 22.8 Å². The van der Waals surface area contributed by atoms with Crippen molar-refractivity contribution in [3.63, 3.8) is 0 Å². The van der Waals surface area contributed by atoms with Gasteiger partial charge in [0.2, 0.25) is 0 Å². The topological polar surface area (TPSA) is 83.4 Å². The normalized spacial score (nSPS) is 16.3. The van der Waals surface area contributed by atoms with E-state index in [9.17, 15) is 8.42 Å². The monoisotopic (exact) mass is 479 g/mol. The van der Waals surface area contributed by atoms with Gasteiger partial charge in [-0.2, -0.15) is 0 Å². The van der Waals surface area contributed by atoms with Crippen molar-refractivity contribution in [1.29, 1.82) is 0 Å². The Labute approximate surface area is 201 Å². The Hall–Kier alpha value is -2.71. The fourth-order valence-corrected chi connectivity index (χ4v) is 5.92. The van der Waals surface area contributed by atoms with Crippen molar-refractivity contribution in [2.24, 2.45) is 0 Å². The summed E-state index contributed by atoms with van der Waals surface area (Å²) in [5.74, 6) is 1.11. The van der Waals surface area contributed by atoms with E-state index in [-0.39, 0.29) is 5.75 Å². The molecule has 0 aliphatic carbocycles. The summed E-state index contributed by atoms with van der Waals surface area (Å²) in [6, 6.07) is 9.07. The van der Waals surface area contributed by atoms with Crippen molar-refractivity contribution < 1.29 is 8.42 Å². The van der Waals surface area contributed by atoms with E-state index in [1.807, 2.05) is 4.52 Å². The number of aryl methyl sites for hydroxylation is 1. The highest BCUT2D eigenvalue weighted by Gasteiger charge is 2.23. The van der Waals surface area contributed by atoms with Gasteiger partial charge in [-0.15, -0.1) is 5.10 Å². The van der Waals surface area contributed by atoms with E-state index in [2.05, 4.69) is 71.4 Å². The zero-order valence-electron chi connectivity index (χ0n) is 20.4. The lowest BCUT2D eigenvalue weighted by atomic mass is 9.87. The number of fused-ring (bicyclic) bond motifs is 2. The standard InChI is InChI=1S/C26H33N5O2S/c1-17(2)25-22-14-20(19-7-9-30(10-8-19)11-12-34(4,32)33)5-6-23(22)28-26(25)21-13-18(3)24-15-27-29-31(24)16-21/h5-6,13-17,19,28H,7-12H2,1-4H3. The summed E-state index contributed by atoms with van der Waals surface area (Å²) in [6.45, 7) is 9.13. The van der Waals surface area contributed by atoms with E-state index in [0.717, 1.165) is 53.8 Å². The minimum absolute atomic E-state index is 0.243. The molecular weight excluding hydrogens is 446 g/mol. The maximum Gasteiger partial charge on any atom is 0.148 e. The Kier molecular flexibility index (Phi) is 5.98. The second kappa shape index (κ2) is 8.82. The summed E-state index contributed by atoms with van der Waals surface area (Å²) in [6.07, 6.45) is 7.29. The van der Waals surface area contributed by atoms with E-state index in [1.54, 1.807) is 6.20 Å².